The number of hydrogen-bond donors (Lipinski definition) is 3. The van der Waals surface area contributed by atoms with E-state index in [9.17, 15) is 27.6 Å². The van der Waals surface area contributed by atoms with Gasteiger partial charge < -0.3 is 20.7 Å². The first kappa shape index (κ1) is 32.5. The number of halogens is 1. The molecule has 1 unspecified atom stereocenters. The molecule has 246 valence electrons. The van der Waals surface area contributed by atoms with Gasteiger partial charge in [0.15, 0.2) is 0 Å². The van der Waals surface area contributed by atoms with Crippen molar-refractivity contribution in [3.63, 3.8) is 0 Å². The lowest BCUT2D eigenvalue weighted by atomic mass is 10.1. The van der Waals surface area contributed by atoms with E-state index in [1.165, 1.54) is 15.9 Å². The van der Waals surface area contributed by atoms with Crippen molar-refractivity contribution in [1.29, 1.82) is 0 Å². The largest absolute Gasteiger partial charge is 0.444 e. The number of thiophene rings is 1. The number of nitrogens with one attached hydrogen (secondary N) is 2. The van der Waals surface area contributed by atoms with E-state index in [4.69, 9.17) is 22.1 Å². The fourth-order valence-electron chi connectivity index (χ4n) is 6.47. The summed E-state index contributed by atoms with van der Waals surface area (Å²) in [5.74, 6) is -2.38. The van der Waals surface area contributed by atoms with Crippen LogP contribution in [-0.4, -0.2) is 72.3 Å². The predicted molar refractivity (Wildman–Crippen MR) is 170 cm³/mol. The molecular weight excluding hydrogens is 654 g/mol. The molecule has 15 heteroatoms. The highest BCUT2D eigenvalue weighted by Gasteiger charge is 2.61. The molecule has 12 nitrogen and oxygen atoms in total. The SMILES string of the molecule is NC1CCCCCC=C[C@@H]2C[C@@]2(C(=O)NS(=O)(=O)c2cccs2)NC(=O)[C@@H]2C[C@@H](OC(=O)N3Cc4cccc(Cl)c4C3)CN2C1=O. The van der Waals surface area contributed by atoms with E-state index in [1.54, 1.807) is 17.5 Å². The van der Waals surface area contributed by atoms with Crippen molar-refractivity contribution in [2.24, 2.45) is 11.7 Å². The van der Waals surface area contributed by atoms with Crippen LogP contribution in [0.15, 0.2) is 52.1 Å². The maximum atomic E-state index is 13.9. The number of sulfonamides is 1. The Balaban J connectivity index is 1.21. The summed E-state index contributed by atoms with van der Waals surface area (Å²) in [6, 6.07) is 6.47. The Morgan fingerprint density at radius 1 is 1.13 bits per heavy atom. The molecule has 4 heterocycles. The molecule has 2 fully saturated rings. The van der Waals surface area contributed by atoms with Crippen LogP contribution in [0.2, 0.25) is 5.02 Å². The lowest BCUT2D eigenvalue weighted by molar-refractivity contribution is -0.140. The van der Waals surface area contributed by atoms with E-state index < -0.39 is 63.5 Å². The minimum absolute atomic E-state index is 0.0106. The number of fused-ring (bicyclic) bond motifs is 3. The van der Waals surface area contributed by atoms with Crippen LogP contribution in [0.3, 0.4) is 0 Å². The molecule has 2 aromatic rings. The molecular formula is C31H36ClN5O7S2. The van der Waals surface area contributed by atoms with Gasteiger partial charge in [-0.3, -0.25) is 19.3 Å². The molecule has 6 rings (SSSR count). The third-order valence-electron chi connectivity index (χ3n) is 9.12. The Kier molecular flexibility index (Phi) is 9.16. The maximum absolute atomic E-state index is 13.9. The lowest BCUT2D eigenvalue weighted by Crippen LogP contribution is -2.57. The molecule has 46 heavy (non-hydrogen) atoms. The highest BCUT2D eigenvalue weighted by molar-refractivity contribution is 7.92. The molecule has 0 bridgehead atoms. The second-order valence-electron chi connectivity index (χ2n) is 12.3. The molecule has 0 radical (unpaired) electrons. The number of carbonyl (C=O) groups is 4. The fraction of sp³-hybridized carbons (Fsp3) is 0.484. The molecule has 4 amide bonds. The van der Waals surface area contributed by atoms with Crippen LogP contribution in [0, 0.1) is 5.92 Å². The van der Waals surface area contributed by atoms with Gasteiger partial charge in [-0.1, -0.05) is 54.8 Å². The third-order valence-corrected chi connectivity index (χ3v) is 12.2. The van der Waals surface area contributed by atoms with Crippen LogP contribution in [0.1, 0.15) is 56.1 Å². The van der Waals surface area contributed by atoms with Crippen molar-refractivity contribution in [3.05, 3.63) is 64.0 Å². The molecule has 1 aliphatic carbocycles. The van der Waals surface area contributed by atoms with Gasteiger partial charge in [0.05, 0.1) is 19.1 Å². The Labute approximate surface area is 276 Å². The van der Waals surface area contributed by atoms with Gasteiger partial charge in [-0.25, -0.2) is 17.9 Å². The first-order valence-corrected chi connectivity index (χ1v) is 18.1. The van der Waals surface area contributed by atoms with Crippen LogP contribution < -0.4 is 15.8 Å². The standard InChI is InChI=1S/C31H36ClN5O7S2/c32-23-10-6-8-19-16-36(18-22(19)23)30(41)44-21-14-25-27(38)34-31(29(40)35-46(42,43)26-12-7-13-45-26)15-20(31)9-4-2-1-3-5-11-24(33)28(39)37(25)17-21/h4,6-10,12-13,20-21,24-25H,1-3,5,11,14-18,33H2,(H,34,38)(H,35,40)/t20-,21-,24?,25+,31-/m1/s1. The summed E-state index contributed by atoms with van der Waals surface area (Å²) in [5.41, 5.74) is 6.54. The normalized spacial score (nSPS) is 28.3. The zero-order valence-corrected chi connectivity index (χ0v) is 27.4. The lowest BCUT2D eigenvalue weighted by Gasteiger charge is -2.28. The van der Waals surface area contributed by atoms with E-state index in [1.807, 2.05) is 24.3 Å². The Hall–Kier alpha value is -3.46. The molecule has 4 aliphatic rings. The summed E-state index contributed by atoms with van der Waals surface area (Å²) in [6.07, 6.45) is 6.11. The first-order valence-electron chi connectivity index (χ1n) is 15.4. The molecule has 0 spiro atoms. The quantitative estimate of drug-likeness (QED) is 0.412. The third kappa shape index (κ3) is 6.53. The number of nitrogens with two attached hydrogens (primary N) is 1. The summed E-state index contributed by atoms with van der Waals surface area (Å²) in [4.78, 5) is 57.1. The van der Waals surface area contributed by atoms with E-state index >= 15 is 0 Å². The van der Waals surface area contributed by atoms with Gasteiger partial charge in [0.1, 0.15) is 21.9 Å². The van der Waals surface area contributed by atoms with E-state index in [-0.39, 0.29) is 30.1 Å². The minimum atomic E-state index is -4.15. The van der Waals surface area contributed by atoms with Crippen molar-refractivity contribution < 1.29 is 32.3 Å². The first-order chi connectivity index (χ1) is 22.0. The van der Waals surface area contributed by atoms with Crippen LogP contribution in [0.25, 0.3) is 0 Å². The second-order valence-corrected chi connectivity index (χ2v) is 15.6. The highest BCUT2D eigenvalue weighted by atomic mass is 35.5. The number of ether oxygens (including phenoxy) is 1. The number of carbonyl (C=O) groups excluding carboxylic acids is 4. The topological polar surface area (TPSA) is 168 Å². The molecule has 1 aromatic carbocycles. The van der Waals surface area contributed by atoms with Gasteiger partial charge in [0, 0.05) is 23.9 Å². The summed E-state index contributed by atoms with van der Waals surface area (Å²) >= 11 is 7.28. The minimum Gasteiger partial charge on any atom is -0.444 e. The van der Waals surface area contributed by atoms with Crippen LogP contribution >= 0.6 is 22.9 Å². The second kappa shape index (κ2) is 13.0. The van der Waals surface area contributed by atoms with Crippen molar-refractivity contribution in [1.82, 2.24) is 19.8 Å². The van der Waals surface area contributed by atoms with Gasteiger partial charge in [-0.15, -0.1) is 11.3 Å². The highest BCUT2D eigenvalue weighted by Crippen LogP contribution is 2.46. The Bertz CT molecular complexity index is 1670. The zero-order valence-electron chi connectivity index (χ0n) is 25.0. The van der Waals surface area contributed by atoms with E-state index in [0.29, 0.717) is 18.0 Å². The fourth-order valence-corrected chi connectivity index (χ4v) is 8.75. The maximum Gasteiger partial charge on any atom is 0.410 e. The molecule has 1 aromatic heterocycles. The summed E-state index contributed by atoms with van der Waals surface area (Å²) in [5, 5.41) is 4.94. The summed E-state index contributed by atoms with van der Waals surface area (Å²) < 4.78 is 33.8. The molecule has 1 saturated heterocycles. The number of rotatable bonds is 4. The van der Waals surface area contributed by atoms with Crippen molar-refractivity contribution in [2.75, 3.05) is 6.54 Å². The van der Waals surface area contributed by atoms with Crippen LogP contribution in [-0.2, 0) is 42.2 Å². The number of benzene rings is 1. The zero-order chi connectivity index (χ0) is 32.6. The summed E-state index contributed by atoms with van der Waals surface area (Å²) in [6.45, 7) is 0.548. The van der Waals surface area contributed by atoms with E-state index in [0.717, 1.165) is 48.1 Å². The van der Waals surface area contributed by atoms with Crippen molar-refractivity contribution >= 4 is 56.8 Å². The summed E-state index contributed by atoms with van der Waals surface area (Å²) in [7, 11) is -4.15. The average Bonchev–Trinajstić information content (AvgIpc) is 3.48. The predicted octanol–water partition coefficient (Wildman–Crippen LogP) is 3.05. The van der Waals surface area contributed by atoms with Gasteiger partial charge in [-0.2, -0.15) is 0 Å². The van der Waals surface area contributed by atoms with Crippen molar-refractivity contribution in [2.45, 2.75) is 86.0 Å². The smallest absolute Gasteiger partial charge is 0.410 e. The molecule has 3 aliphatic heterocycles. The molecule has 4 N–H and O–H groups in total. The van der Waals surface area contributed by atoms with Gasteiger partial charge in [0.25, 0.3) is 15.9 Å². The molecule has 1 saturated carbocycles. The van der Waals surface area contributed by atoms with Gasteiger partial charge in [0.2, 0.25) is 11.8 Å². The number of nitrogens with zero attached hydrogens (tertiary/aromatic N) is 2. The monoisotopic (exact) mass is 689 g/mol. The Morgan fingerprint density at radius 2 is 1.96 bits per heavy atom. The van der Waals surface area contributed by atoms with Crippen molar-refractivity contribution in [3.8, 4) is 0 Å². The molecule has 5 atom stereocenters. The van der Waals surface area contributed by atoms with E-state index in [2.05, 4.69) is 10.0 Å². The number of amides is 4. The number of allylic oxidation sites excluding steroid dienone is 1. The Morgan fingerprint density at radius 3 is 2.72 bits per heavy atom. The van der Waals surface area contributed by atoms with Gasteiger partial charge >= 0.3 is 6.09 Å². The van der Waals surface area contributed by atoms with Gasteiger partial charge in [-0.05, 0) is 54.3 Å². The van der Waals surface area contributed by atoms with Crippen LogP contribution in [0.5, 0.6) is 0 Å². The van der Waals surface area contributed by atoms with Crippen LogP contribution in [0.4, 0.5) is 4.79 Å². The average molecular weight is 690 g/mol. The number of hydrogen-bond acceptors (Lipinski definition) is 9.